The lowest BCUT2D eigenvalue weighted by molar-refractivity contribution is 0.665. The maximum atomic E-state index is 9.69. The van der Waals surface area contributed by atoms with Crippen molar-refractivity contribution in [2.45, 2.75) is 0 Å². The molecule has 0 N–H and O–H groups in total. The Bertz CT molecular complexity index is 4290. The Morgan fingerprint density at radius 3 is 1.48 bits per heavy atom. The van der Waals surface area contributed by atoms with Crippen LogP contribution in [0.25, 0.3) is 131 Å². The Kier molecular flexibility index (Phi) is 5.57. The fourth-order valence-electron chi connectivity index (χ4n) is 9.46. The van der Waals surface area contributed by atoms with Crippen LogP contribution in [0.15, 0.2) is 215 Å². The summed E-state index contributed by atoms with van der Waals surface area (Å²) in [6.07, 6.45) is 0. The lowest BCUT2D eigenvalue weighted by Gasteiger charge is -2.20. The zero-order valence-electron chi connectivity index (χ0n) is 39.8. The van der Waals surface area contributed by atoms with E-state index in [1.54, 1.807) is 0 Å². The Hall–Kier alpha value is -7.94. The van der Waals surface area contributed by atoms with Crippen molar-refractivity contribution in [3.8, 4) is 44.5 Å². The van der Waals surface area contributed by atoms with Gasteiger partial charge in [-0.15, -0.1) is 0 Å². The molecule has 2 aromatic heterocycles. The summed E-state index contributed by atoms with van der Waals surface area (Å²) in [5.41, 5.74) is 7.90. The van der Waals surface area contributed by atoms with E-state index in [9.17, 15) is 5.48 Å². The summed E-state index contributed by atoms with van der Waals surface area (Å²) >= 11 is 0. The van der Waals surface area contributed by atoms with Gasteiger partial charge in [0.25, 0.3) is 0 Å². The molecule has 13 aromatic rings. The average Bonchev–Trinajstić information content (AvgIpc) is 3.95. The van der Waals surface area contributed by atoms with Gasteiger partial charge < -0.3 is 8.83 Å². The smallest absolute Gasteiger partial charge is 0.143 e. The van der Waals surface area contributed by atoms with E-state index in [0.29, 0.717) is 22.3 Å². The molecule has 0 amide bonds. The minimum absolute atomic E-state index is 0.159. The second-order valence-electron chi connectivity index (χ2n) is 15.3. The predicted octanol–water partition coefficient (Wildman–Crippen LogP) is 16.8. The number of furan rings is 2. The van der Waals surface area contributed by atoms with E-state index in [2.05, 4.69) is 24.3 Å². The second kappa shape index (κ2) is 12.8. The second-order valence-corrected chi connectivity index (χ2v) is 15.3. The Labute approximate surface area is 356 Å². The highest BCUT2D eigenvalue weighted by Gasteiger charge is 2.22. The number of para-hydroxylation sites is 3. The van der Waals surface area contributed by atoms with Gasteiger partial charge in [-0.3, -0.25) is 0 Å². The first-order valence-electron chi connectivity index (χ1n) is 23.9. The number of hydrogen-bond acceptors (Lipinski definition) is 2. The molecule has 0 saturated carbocycles. The minimum atomic E-state index is -0.449. The maximum absolute atomic E-state index is 9.69. The standard InChI is InChI=1S/C58H34O2/c1-3-18-39-35(15-1)17-13-26-43(39)56-46-24-7-5-22-44(46)55(45-23-6-8-25-47(45)56)38-31-36-16-2-4-19-40(36)50(34-38)37-32-51-42-21-10-12-30-54(42)60-58(51)52(33-37)49-28-14-27-48-41-20-9-11-29-53(41)59-57(48)49/h1-34H/i5D,6D,7D,8D,22D,23D,24D,25D. The van der Waals surface area contributed by atoms with E-state index in [1.807, 2.05) is 133 Å². The topological polar surface area (TPSA) is 26.3 Å². The van der Waals surface area contributed by atoms with Gasteiger partial charge in [0.2, 0.25) is 0 Å². The van der Waals surface area contributed by atoms with Crippen LogP contribution >= 0.6 is 0 Å². The molecule has 0 aliphatic rings. The van der Waals surface area contributed by atoms with Crippen molar-refractivity contribution in [3.05, 3.63) is 206 Å². The van der Waals surface area contributed by atoms with Crippen LogP contribution in [0.2, 0.25) is 0 Å². The molecule has 0 fully saturated rings. The summed E-state index contributed by atoms with van der Waals surface area (Å²) in [5.74, 6) is 0. The summed E-state index contributed by atoms with van der Waals surface area (Å²) in [5, 5.41) is 7.80. The molecule has 2 nitrogen and oxygen atoms in total. The van der Waals surface area contributed by atoms with Crippen LogP contribution in [-0.2, 0) is 0 Å². The molecule has 60 heavy (non-hydrogen) atoms. The SMILES string of the molecule is [2H]c1c([2H])c([2H])c2c(-c3cccc4ccccc34)c3c([2H])c([2H])c([2H])c([2H])c3c(-c3cc(-c4cc(-c5cccc6c5oc5ccccc56)c5oc6ccccc6c5c4)c4ccccc4c3)c2c1[2H]. The molecule has 0 saturated heterocycles. The van der Waals surface area contributed by atoms with Gasteiger partial charge >= 0.3 is 0 Å². The molecule has 0 bridgehead atoms. The van der Waals surface area contributed by atoms with Crippen LogP contribution in [0, 0.1) is 0 Å². The molecule has 2 heterocycles. The highest BCUT2D eigenvalue weighted by atomic mass is 16.3. The van der Waals surface area contributed by atoms with E-state index in [1.165, 1.54) is 0 Å². The summed E-state index contributed by atoms with van der Waals surface area (Å²) < 4.78 is 88.1. The summed E-state index contributed by atoms with van der Waals surface area (Å²) in [6.45, 7) is 0. The first-order valence-corrected chi connectivity index (χ1v) is 19.9. The molecule has 278 valence electrons. The molecule has 0 aliphatic heterocycles. The lowest BCUT2D eigenvalue weighted by Crippen LogP contribution is -1.93. The quantitative estimate of drug-likeness (QED) is 0.167. The molecule has 0 unspecified atom stereocenters. The summed E-state index contributed by atoms with van der Waals surface area (Å²) in [6, 6.07) is 48.5. The fourth-order valence-corrected chi connectivity index (χ4v) is 9.46. The Balaban J connectivity index is 1.20. The molecule has 11 aromatic carbocycles. The van der Waals surface area contributed by atoms with Crippen molar-refractivity contribution in [3.63, 3.8) is 0 Å². The molecule has 0 radical (unpaired) electrons. The van der Waals surface area contributed by atoms with Gasteiger partial charge in [0.1, 0.15) is 22.3 Å². The van der Waals surface area contributed by atoms with Crippen molar-refractivity contribution < 1.29 is 19.8 Å². The zero-order valence-corrected chi connectivity index (χ0v) is 31.8. The van der Waals surface area contributed by atoms with Crippen molar-refractivity contribution >= 4 is 87.0 Å². The third-order valence-electron chi connectivity index (χ3n) is 12.1. The molecule has 0 spiro atoms. The van der Waals surface area contributed by atoms with E-state index >= 15 is 0 Å². The van der Waals surface area contributed by atoms with Crippen LogP contribution in [0.3, 0.4) is 0 Å². The van der Waals surface area contributed by atoms with Gasteiger partial charge in [-0.05, 0) is 113 Å². The maximum Gasteiger partial charge on any atom is 0.143 e. The highest BCUT2D eigenvalue weighted by molar-refractivity contribution is 6.24. The third kappa shape index (κ3) is 4.82. The number of benzene rings is 11. The minimum Gasteiger partial charge on any atom is -0.455 e. The first kappa shape index (κ1) is 26.1. The number of hydrogen-bond donors (Lipinski definition) is 0. The molecule has 0 atom stereocenters. The van der Waals surface area contributed by atoms with Gasteiger partial charge in [0.15, 0.2) is 0 Å². The van der Waals surface area contributed by atoms with E-state index < -0.39 is 24.2 Å². The average molecular weight is 771 g/mol. The summed E-state index contributed by atoms with van der Waals surface area (Å²) in [7, 11) is 0. The number of rotatable bonds is 4. The van der Waals surface area contributed by atoms with E-state index in [-0.39, 0.29) is 51.3 Å². The normalized spacial score (nSPS) is 13.9. The largest absolute Gasteiger partial charge is 0.455 e. The van der Waals surface area contributed by atoms with Crippen molar-refractivity contribution in [2.75, 3.05) is 0 Å². The van der Waals surface area contributed by atoms with Crippen molar-refractivity contribution in [1.82, 2.24) is 0 Å². The van der Waals surface area contributed by atoms with Gasteiger partial charge in [-0.2, -0.15) is 0 Å². The molecular weight excluding hydrogens is 729 g/mol. The molecular formula is C58H34O2. The van der Waals surface area contributed by atoms with Crippen LogP contribution in [0.5, 0.6) is 0 Å². The van der Waals surface area contributed by atoms with Crippen molar-refractivity contribution in [1.29, 1.82) is 0 Å². The predicted molar refractivity (Wildman–Crippen MR) is 253 cm³/mol. The van der Waals surface area contributed by atoms with E-state index in [0.717, 1.165) is 82.1 Å². The Morgan fingerprint density at radius 2 is 0.783 bits per heavy atom. The van der Waals surface area contributed by atoms with Gasteiger partial charge in [0.05, 0.1) is 11.0 Å². The highest BCUT2D eigenvalue weighted by Crippen LogP contribution is 2.48. The van der Waals surface area contributed by atoms with Crippen molar-refractivity contribution in [2.24, 2.45) is 0 Å². The fraction of sp³-hybridized carbons (Fsp3) is 0. The molecule has 2 heteroatoms. The molecule has 13 rings (SSSR count). The molecule has 0 aliphatic carbocycles. The van der Waals surface area contributed by atoms with Crippen LogP contribution < -0.4 is 0 Å². The first-order chi connectivity index (χ1) is 33.1. The van der Waals surface area contributed by atoms with Gasteiger partial charge in [-0.25, -0.2) is 0 Å². The van der Waals surface area contributed by atoms with E-state index in [4.69, 9.17) is 14.3 Å². The summed E-state index contributed by atoms with van der Waals surface area (Å²) in [4.78, 5) is 0. The van der Waals surface area contributed by atoms with Crippen LogP contribution in [0.4, 0.5) is 0 Å². The van der Waals surface area contributed by atoms with Crippen LogP contribution in [-0.4, -0.2) is 0 Å². The van der Waals surface area contributed by atoms with Gasteiger partial charge in [-0.1, -0.05) is 170 Å². The lowest BCUT2D eigenvalue weighted by atomic mass is 9.83. The van der Waals surface area contributed by atoms with Gasteiger partial charge in [0, 0.05) is 32.7 Å². The monoisotopic (exact) mass is 770 g/mol. The Morgan fingerprint density at radius 1 is 0.300 bits per heavy atom. The van der Waals surface area contributed by atoms with Crippen LogP contribution in [0.1, 0.15) is 11.0 Å². The zero-order chi connectivity index (χ0) is 46.3. The third-order valence-corrected chi connectivity index (χ3v) is 12.1. The number of fused-ring (bicyclic) bond motifs is 10.